The van der Waals surface area contributed by atoms with E-state index < -0.39 is 11.9 Å². The molecule has 132 valence electrons. The van der Waals surface area contributed by atoms with Gasteiger partial charge in [-0.3, -0.25) is 0 Å². The maximum absolute atomic E-state index is 12.8. The third kappa shape index (κ3) is 3.47. The molecule has 2 heterocycles. The summed E-state index contributed by atoms with van der Waals surface area (Å²) in [5.74, 6) is 1.64. The summed E-state index contributed by atoms with van der Waals surface area (Å²) in [5, 5.41) is 3.06. The third-order valence-electron chi connectivity index (χ3n) is 4.25. The van der Waals surface area contributed by atoms with Crippen LogP contribution in [0.1, 0.15) is 30.1 Å². The summed E-state index contributed by atoms with van der Waals surface area (Å²) in [6.45, 7) is 0.990. The van der Waals surface area contributed by atoms with Gasteiger partial charge in [-0.1, -0.05) is 6.07 Å². The number of nitrogens with zero attached hydrogens (tertiary/aromatic N) is 2. The van der Waals surface area contributed by atoms with Crippen LogP contribution in [-0.4, -0.2) is 23.2 Å². The summed E-state index contributed by atoms with van der Waals surface area (Å²) in [6.07, 6.45) is -1.37. The van der Waals surface area contributed by atoms with Crippen molar-refractivity contribution in [3.8, 4) is 11.5 Å². The van der Waals surface area contributed by atoms with Crippen molar-refractivity contribution in [3.63, 3.8) is 0 Å². The van der Waals surface area contributed by atoms with Crippen LogP contribution < -0.4 is 14.8 Å². The zero-order valence-electron chi connectivity index (χ0n) is 13.2. The standard InChI is InChI=1S/C17H16F3N3O2/c18-17(19,20)14-5-6-21-16(22-14)23-15(10-1-2-10)11-3-4-12-13(9-11)25-8-7-24-12/h3-6,9-10,15H,1-2,7-8H2,(H,21,22,23). The van der Waals surface area contributed by atoms with E-state index in [9.17, 15) is 13.2 Å². The van der Waals surface area contributed by atoms with E-state index in [0.29, 0.717) is 30.6 Å². The van der Waals surface area contributed by atoms with Gasteiger partial charge >= 0.3 is 6.18 Å². The largest absolute Gasteiger partial charge is 0.486 e. The van der Waals surface area contributed by atoms with Crippen molar-refractivity contribution in [1.82, 2.24) is 9.97 Å². The zero-order valence-corrected chi connectivity index (χ0v) is 13.2. The molecule has 0 amide bonds. The highest BCUT2D eigenvalue weighted by atomic mass is 19.4. The van der Waals surface area contributed by atoms with Gasteiger partial charge in [0.15, 0.2) is 11.5 Å². The van der Waals surface area contributed by atoms with E-state index in [1.165, 1.54) is 0 Å². The van der Waals surface area contributed by atoms with Gasteiger partial charge in [-0.05, 0) is 42.5 Å². The molecular weight excluding hydrogens is 335 g/mol. The average molecular weight is 351 g/mol. The molecule has 1 fully saturated rings. The molecule has 5 nitrogen and oxygen atoms in total. The van der Waals surface area contributed by atoms with Gasteiger partial charge in [-0.2, -0.15) is 13.2 Å². The Hall–Kier alpha value is -2.51. The Balaban J connectivity index is 1.60. The lowest BCUT2D eigenvalue weighted by Crippen LogP contribution is -2.19. The number of benzene rings is 1. The molecule has 1 aromatic carbocycles. The second-order valence-electron chi connectivity index (χ2n) is 6.13. The highest BCUT2D eigenvalue weighted by molar-refractivity contribution is 5.46. The number of hydrogen-bond acceptors (Lipinski definition) is 5. The minimum Gasteiger partial charge on any atom is -0.486 e. The molecule has 2 aromatic rings. The van der Waals surface area contributed by atoms with E-state index in [-0.39, 0.29) is 12.0 Å². The fraction of sp³-hybridized carbons (Fsp3) is 0.412. The predicted octanol–water partition coefficient (Wildman–Crippen LogP) is 3.83. The van der Waals surface area contributed by atoms with Gasteiger partial charge in [-0.15, -0.1) is 0 Å². The SMILES string of the molecule is FC(F)(F)c1ccnc(NC(c2ccc3c(c2)OCCO3)C2CC2)n1. The molecule has 0 radical (unpaired) electrons. The Morgan fingerprint density at radius 2 is 1.84 bits per heavy atom. The molecule has 1 saturated carbocycles. The Morgan fingerprint density at radius 3 is 2.56 bits per heavy atom. The number of aromatic nitrogens is 2. The predicted molar refractivity (Wildman–Crippen MR) is 83.6 cm³/mol. The summed E-state index contributed by atoms with van der Waals surface area (Å²) in [7, 11) is 0. The summed E-state index contributed by atoms with van der Waals surface area (Å²) in [6, 6.07) is 6.30. The first-order valence-corrected chi connectivity index (χ1v) is 8.07. The van der Waals surface area contributed by atoms with Crippen LogP contribution >= 0.6 is 0 Å². The normalized spacial score (nSPS) is 17.9. The number of hydrogen-bond donors (Lipinski definition) is 1. The van der Waals surface area contributed by atoms with E-state index in [2.05, 4.69) is 15.3 Å². The van der Waals surface area contributed by atoms with Crippen LogP contribution in [0.15, 0.2) is 30.5 Å². The lowest BCUT2D eigenvalue weighted by molar-refractivity contribution is -0.141. The van der Waals surface area contributed by atoms with Gasteiger partial charge in [0, 0.05) is 6.20 Å². The van der Waals surface area contributed by atoms with Crippen molar-refractivity contribution in [2.24, 2.45) is 5.92 Å². The number of fused-ring (bicyclic) bond motifs is 1. The molecule has 1 unspecified atom stereocenters. The molecule has 1 aliphatic heterocycles. The highest BCUT2D eigenvalue weighted by Gasteiger charge is 2.35. The Bertz CT molecular complexity index is 778. The topological polar surface area (TPSA) is 56.3 Å². The first kappa shape index (κ1) is 16.0. The number of alkyl halides is 3. The Kier molecular flexibility index (Phi) is 3.89. The van der Waals surface area contributed by atoms with Crippen LogP contribution in [0.3, 0.4) is 0 Å². The molecule has 25 heavy (non-hydrogen) atoms. The minimum atomic E-state index is -4.49. The number of ether oxygens (including phenoxy) is 2. The third-order valence-corrected chi connectivity index (χ3v) is 4.25. The molecule has 1 atom stereocenters. The Labute approximate surface area is 142 Å². The monoisotopic (exact) mass is 351 g/mol. The Morgan fingerprint density at radius 1 is 1.08 bits per heavy atom. The lowest BCUT2D eigenvalue weighted by Gasteiger charge is -2.23. The van der Waals surface area contributed by atoms with E-state index in [0.717, 1.165) is 30.7 Å². The van der Waals surface area contributed by atoms with Crippen LogP contribution in [0.4, 0.5) is 19.1 Å². The molecule has 8 heteroatoms. The van der Waals surface area contributed by atoms with Crippen LogP contribution in [0.2, 0.25) is 0 Å². The highest BCUT2D eigenvalue weighted by Crippen LogP contribution is 2.44. The maximum atomic E-state index is 12.8. The van der Waals surface area contributed by atoms with Gasteiger partial charge in [0.05, 0.1) is 6.04 Å². The quantitative estimate of drug-likeness (QED) is 0.907. The molecule has 1 N–H and O–H groups in total. The molecule has 1 aromatic heterocycles. The summed E-state index contributed by atoms with van der Waals surface area (Å²) in [4.78, 5) is 7.54. The smallest absolute Gasteiger partial charge is 0.433 e. The lowest BCUT2D eigenvalue weighted by atomic mass is 10.0. The fourth-order valence-corrected chi connectivity index (χ4v) is 2.88. The molecule has 1 aliphatic carbocycles. The molecule has 0 saturated heterocycles. The van der Waals surface area contributed by atoms with Crippen molar-refractivity contribution in [1.29, 1.82) is 0 Å². The van der Waals surface area contributed by atoms with E-state index in [1.807, 2.05) is 18.2 Å². The van der Waals surface area contributed by atoms with Crippen LogP contribution in [0.25, 0.3) is 0 Å². The second kappa shape index (κ2) is 6.09. The van der Waals surface area contributed by atoms with Crippen LogP contribution in [0.5, 0.6) is 11.5 Å². The molecular formula is C17H16F3N3O2. The molecule has 0 bridgehead atoms. The maximum Gasteiger partial charge on any atom is 0.433 e. The van der Waals surface area contributed by atoms with E-state index in [1.54, 1.807) is 0 Å². The van der Waals surface area contributed by atoms with Crippen LogP contribution in [-0.2, 0) is 6.18 Å². The van der Waals surface area contributed by atoms with Gasteiger partial charge in [-0.25, -0.2) is 9.97 Å². The minimum absolute atomic E-state index is 0.0263. The van der Waals surface area contributed by atoms with Crippen molar-refractivity contribution >= 4 is 5.95 Å². The average Bonchev–Trinajstić information content (AvgIpc) is 3.44. The van der Waals surface area contributed by atoms with Gasteiger partial charge in [0.25, 0.3) is 0 Å². The molecule has 0 spiro atoms. The number of rotatable bonds is 4. The first-order valence-electron chi connectivity index (χ1n) is 8.07. The number of halogens is 3. The summed E-state index contributed by atoms with van der Waals surface area (Å²) < 4.78 is 49.6. The fourth-order valence-electron chi connectivity index (χ4n) is 2.88. The number of anilines is 1. The van der Waals surface area contributed by atoms with Gasteiger partial charge in [0.1, 0.15) is 18.9 Å². The van der Waals surface area contributed by atoms with Crippen LogP contribution in [0, 0.1) is 5.92 Å². The van der Waals surface area contributed by atoms with E-state index >= 15 is 0 Å². The first-order chi connectivity index (χ1) is 12.0. The zero-order chi connectivity index (χ0) is 17.4. The van der Waals surface area contributed by atoms with Crippen molar-refractivity contribution in [2.45, 2.75) is 25.1 Å². The van der Waals surface area contributed by atoms with E-state index in [4.69, 9.17) is 9.47 Å². The van der Waals surface area contributed by atoms with Crippen molar-refractivity contribution in [3.05, 3.63) is 41.7 Å². The summed E-state index contributed by atoms with van der Waals surface area (Å²) >= 11 is 0. The number of nitrogens with one attached hydrogen (secondary N) is 1. The summed E-state index contributed by atoms with van der Waals surface area (Å²) in [5.41, 5.74) is -0.0329. The van der Waals surface area contributed by atoms with Gasteiger partial charge < -0.3 is 14.8 Å². The van der Waals surface area contributed by atoms with Crippen molar-refractivity contribution in [2.75, 3.05) is 18.5 Å². The second-order valence-corrected chi connectivity index (χ2v) is 6.13. The van der Waals surface area contributed by atoms with Gasteiger partial charge in [0.2, 0.25) is 5.95 Å². The molecule has 2 aliphatic rings. The molecule has 4 rings (SSSR count). The van der Waals surface area contributed by atoms with Crippen molar-refractivity contribution < 1.29 is 22.6 Å².